The molecule has 3 rings (SSSR count). The number of amides is 2. The van der Waals surface area contributed by atoms with Gasteiger partial charge in [-0.3, -0.25) is 9.59 Å². The van der Waals surface area contributed by atoms with Crippen LogP contribution in [0.3, 0.4) is 0 Å². The van der Waals surface area contributed by atoms with Gasteiger partial charge in [0, 0.05) is 18.1 Å². The maximum absolute atomic E-state index is 12.4. The number of β-lactam (4-membered cyclic amide) rings is 1. The normalized spacial score (nSPS) is 17.4. The average molecular weight is 336 g/mol. The number of carbonyl (C=O) groups is 2. The number of nitrogens with zero attached hydrogens (tertiary/aromatic N) is 3. The van der Waals surface area contributed by atoms with E-state index in [0.717, 1.165) is 12.4 Å². The molecule has 1 aromatic carbocycles. The van der Waals surface area contributed by atoms with Crippen molar-refractivity contribution in [3.8, 4) is 0 Å². The summed E-state index contributed by atoms with van der Waals surface area (Å²) in [6, 6.07) is 8.19. The molecule has 1 atom stereocenters. The van der Waals surface area contributed by atoms with Gasteiger partial charge in [0.25, 0.3) is 11.8 Å². The molecule has 2 aromatic rings. The first-order chi connectivity index (χ1) is 11.4. The molecular weight excluding hydrogens is 325 g/mol. The van der Waals surface area contributed by atoms with Gasteiger partial charge in [-0.25, -0.2) is 9.97 Å². The number of para-hydroxylation sites is 1. The van der Waals surface area contributed by atoms with E-state index in [2.05, 4.69) is 15.3 Å². The van der Waals surface area contributed by atoms with Crippen molar-refractivity contribution in [3.05, 3.63) is 54.1 Å². The molecule has 0 bridgehead atoms. The molecule has 124 valence electrons. The fourth-order valence-corrected chi connectivity index (χ4v) is 2.21. The van der Waals surface area contributed by atoms with Gasteiger partial charge >= 0.3 is 6.18 Å². The minimum atomic E-state index is -4.67. The number of nitrogens with one attached hydrogen (secondary N) is 1. The van der Waals surface area contributed by atoms with Crippen molar-refractivity contribution in [2.24, 2.45) is 0 Å². The number of hydrogen-bond donors (Lipinski definition) is 1. The van der Waals surface area contributed by atoms with E-state index in [1.54, 1.807) is 24.3 Å². The number of carbonyl (C=O) groups excluding carboxylic acids is 2. The molecule has 0 radical (unpaired) electrons. The van der Waals surface area contributed by atoms with E-state index < -0.39 is 23.9 Å². The number of rotatable bonds is 3. The van der Waals surface area contributed by atoms with E-state index in [1.165, 1.54) is 4.90 Å². The molecule has 1 aliphatic heterocycles. The number of aromatic nitrogens is 2. The van der Waals surface area contributed by atoms with E-state index in [0.29, 0.717) is 5.69 Å². The Balaban J connectivity index is 1.61. The van der Waals surface area contributed by atoms with Crippen molar-refractivity contribution >= 4 is 17.5 Å². The van der Waals surface area contributed by atoms with E-state index in [9.17, 15) is 22.8 Å². The highest BCUT2D eigenvalue weighted by Crippen LogP contribution is 2.25. The minimum absolute atomic E-state index is 0.144. The lowest BCUT2D eigenvalue weighted by atomic mass is 10.1. The minimum Gasteiger partial charge on any atom is -0.338 e. The van der Waals surface area contributed by atoms with E-state index >= 15 is 0 Å². The van der Waals surface area contributed by atoms with E-state index in [1.807, 2.05) is 6.07 Å². The van der Waals surface area contributed by atoms with Gasteiger partial charge in [-0.05, 0) is 12.1 Å². The Bertz CT molecular complexity index is 763. The zero-order valence-electron chi connectivity index (χ0n) is 12.1. The van der Waals surface area contributed by atoms with Gasteiger partial charge in [0.15, 0.2) is 0 Å². The fraction of sp³-hybridized carbons (Fsp3) is 0.200. The van der Waals surface area contributed by atoms with Crippen molar-refractivity contribution in [1.29, 1.82) is 0 Å². The maximum atomic E-state index is 12.4. The molecule has 1 aromatic heterocycles. The molecule has 2 heterocycles. The summed E-state index contributed by atoms with van der Waals surface area (Å²) in [6.07, 6.45) is -3.11. The zero-order chi connectivity index (χ0) is 17.3. The third-order valence-electron chi connectivity index (χ3n) is 3.47. The summed E-state index contributed by atoms with van der Waals surface area (Å²) < 4.78 is 37.1. The van der Waals surface area contributed by atoms with Crippen LogP contribution in [-0.4, -0.2) is 34.4 Å². The lowest BCUT2D eigenvalue weighted by molar-refractivity contribution is -0.145. The monoisotopic (exact) mass is 336 g/mol. The molecule has 0 spiro atoms. The molecule has 1 aliphatic rings. The molecule has 9 heteroatoms. The highest BCUT2D eigenvalue weighted by Gasteiger charge is 2.39. The summed E-state index contributed by atoms with van der Waals surface area (Å²) in [5, 5.41) is 2.45. The Labute approximate surface area is 134 Å². The predicted molar refractivity (Wildman–Crippen MR) is 77.1 cm³/mol. The van der Waals surface area contributed by atoms with Gasteiger partial charge in [0.05, 0.1) is 12.1 Å². The van der Waals surface area contributed by atoms with Crippen molar-refractivity contribution in [1.82, 2.24) is 15.3 Å². The highest BCUT2D eigenvalue weighted by atomic mass is 19.4. The van der Waals surface area contributed by atoms with Crippen LogP contribution in [0.4, 0.5) is 18.9 Å². The first kappa shape index (κ1) is 15.9. The van der Waals surface area contributed by atoms with Crippen LogP contribution in [0.25, 0.3) is 0 Å². The second kappa shape index (κ2) is 5.91. The van der Waals surface area contributed by atoms with Gasteiger partial charge in [0.1, 0.15) is 6.04 Å². The standard InChI is InChI=1S/C15H11F3N4O2/c16-15(17,18)14-19-6-9(7-20-14)12(23)21-11-8-22(13(11)24)10-4-2-1-3-5-10/h1-7,11H,8H2,(H,21,23)/t11-/m0/s1. The Morgan fingerprint density at radius 1 is 1.17 bits per heavy atom. The Morgan fingerprint density at radius 3 is 2.33 bits per heavy atom. The molecule has 0 aliphatic carbocycles. The third kappa shape index (κ3) is 3.05. The lowest BCUT2D eigenvalue weighted by Crippen LogP contribution is -2.64. The number of halogens is 3. The van der Waals surface area contributed by atoms with Crippen molar-refractivity contribution in [2.75, 3.05) is 11.4 Å². The van der Waals surface area contributed by atoms with Crippen LogP contribution in [0.5, 0.6) is 0 Å². The summed E-state index contributed by atoms with van der Waals surface area (Å²) in [5.74, 6) is -2.31. The highest BCUT2D eigenvalue weighted by molar-refractivity contribution is 6.07. The molecule has 0 unspecified atom stereocenters. The molecular formula is C15H11F3N4O2. The summed E-state index contributed by atoms with van der Waals surface area (Å²) in [5.41, 5.74) is 0.569. The Morgan fingerprint density at radius 2 is 1.79 bits per heavy atom. The van der Waals surface area contributed by atoms with Crippen LogP contribution in [0, 0.1) is 0 Å². The van der Waals surface area contributed by atoms with Gasteiger partial charge in [-0.1, -0.05) is 18.2 Å². The van der Waals surface area contributed by atoms with Crippen molar-refractivity contribution in [3.63, 3.8) is 0 Å². The predicted octanol–water partition coefficient (Wildman–Crippen LogP) is 1.64. The molecule has 0 saturated carbocycles. The number of alkyl halides is 3. The average Bonchev–Trinajstić information content (AvgIpc) is 2.57. The maximum Gasteiger partial charge on any atom is 0.451 e. The first-order valence-corrected chi connectivity index (χ1v) is 6.93. The van der Waals surface area contributed by atoms with E-state index in [-0.39, 0.29) is 18.0 Å². The lowest BCUT2D eigenvalue weighted by Gasteiger charge is -2.38. The van der Waals surface area contributed by atoms with Gasteiger partial charge < -0.3 is 10.2 Å². The zero-order valence-corrected chi connectivity index (χ0v) is 12.1. The number of anilines is 1. The second-order valence-electron chi connectivity index (χ2n) is 5.10. The molecule has 1 saturated heterocycles. The first-order valence-electron chi connectivity index (χ1n) is 6.93. The Hall–Kier alpha value is -2.97. The van der Waals surface area contributed by atoms with Crippen LogP contribution in [0.1, 0.15) is 16.2 Å². The summed E-state index contributed by atoms with van der Waals surface area (Å²) >= 11 is 0. The van der Waals surface area contributed by atoms with E-state index in [4.69, 9.17) is 0 Å². The van der Waals surface area contributed by atoms with Crippen molar-refractivity contribution < 1.29 is 22.8 Å². The smallest absolute Gasteiger partial charge is 0.338 e. The summed E-state index contributed by atoms with van der Waals surface area (Å²) in [4.78, 5) is 31.7. The SMILES string of the molecule is O=C(N[C@H]1CN(c2ccccc2)C1=O)c1cnc(C(F)(F)F)nc1. The Kier molecular flexibility index (Phi) is 3.92. The molecule has 1 fully saturated rings. The summed E-state index contributed by atoms with van der Waals surface area (Å²) in [7, 11) is 0. The molecule has 1 N–H and O–H groups in total. The number of benzene rings is 1. The topological polar surface area (TPSA) is 75.2 Å². The molecule has 6 nitrogen and oxygen atoms in total. The number of hydrogen-bond acceptors (Lipinski definition) is 4. The van der Waals surface area contributed by atoms with Gasteiger partial charge in [0.2, 0.25) is 5.82 Å². The van der Waals surface area contributed by atoms with Gasteiger partial charge in [-0.15, -0.1) is 0 Å². The fourth-order valence-electron chi connectivity index (χ4n) is 2.21. The van der Waals surface area contributed by atoms with Crippen LogP contribution in [-0.2, 0) is 11.0 Å². The van der Waals surface area contributed by atoms with Gasteiger partial charge in [-0.2, -0.15) is 13.2 Å². The van der Waals surface area contributed by atoms with Crippen LogP contribution >= 0.6 is 0 Å². The molecule has 2 amide bonds. The quantitative estimate of drug-likeness (QED) is 0.865. The van der Waals surface area contributed by atoms with Crippen LogP contribution in [0.2, 0.25) is 0 Å². The van der Waals surface area contributed by atoms with Crippen LogP contribution < -0.4 is 10.2 Å². The van der Waals surface area contributed by atoms with Crippen molar-refractivity contribution in [2.45, 2.75) is 12.2 Å². The largest absolute Gasteiger partial charge is 0.451 e. The second-order valence-corrected chi connectivity index (χ2v) is 5.10. The third-order valence-corrected chi connectivity index (χ3v) is 3.47. The molecule has 24 heavy (non-hydrogen) atoms. The summed E-state index contributed by atoms with van der Waals surface area (Å²) in [6.45, 7) is 0.288. The van der Waals surface area contributed by atoms with Crippen LogP contribution in [0.15, 0.2) is 42.7 Å².